The average Bonchev–Trinajstić information content (AvgIpc) is 2.18. The van der Waals surface area contributed by atoms with Crippen molar-refractivity contribution >= 4 is 33.7 Å². The van der Waals surface area contributed by atoms with Crippen LogP contribution in [0.2, 0.25) is 0 Å². The molecule has 0 saturated heterocycles. The van der Waals surface area contributed by atoms with Crippen molar-refractivity contribution in [1.82, 2.24) is 0 Å². The smallest absolute Gasteiger partial charge is 0.328 e. The molecule has 16 heavy (non-hydrogen) atoms. The van der Waals surface area contributed by atoms with Crippen molar-refractivity contribution in [2.24, 2.45) is 0 Å². The summed E-state index contributed by atoms with van der Waals surface area (Å²) < 4.78 is 13.0. The number of carbonyl (C=O) groups is 1. The quantitative estimate of drug-likeness (QED) is 0.527. The first-order valence-electron chi connectivity index (χ1n) is 3.96. The standard InChI is InChI=1S/C9H5BrFNO4/c10-6-4-8(12(15)16)5(3-7(6)11)1-2-9(13)14/h1-4H,(H,13,14). The molecule has 0 amide bonds. The van der Waals surface area contributed by atoms with E-state index in [1.807, 2.05) is 0 Å². The van der Waals surface area contributed by atoms with Gasteiger partial charge >= 0.3 is 5.97 Å². The molecule has 0 atom stereocenters. The number of carboxylic acid groups (broad SMARTS) is 1. The van der Waals surface area contributed by atoms with E-state index in [9.17, 15) is 19.3 Å². The molecule has 1 aromatic carbocycles. The summed E-state index contributed by atoms with van der Waals surface area (Å²) in [4.78, 5) is 20.1. The SMILES string of the molecule is O=C(O)C=Cc1cc(F)c(Br)cc1[N+](=O)[O-]. The van der Waals surface area contributed by atoms with Crippen molar-refractivity contribution in [3.8, 4) is 0 Å². The molecular formula is C9H5BrFNO4. The van der Waals surface area contributed by atoms with Crippen LogP contribution >= 0.6 is 15.9 Å². The number of nitrogens with zero attached hydrogens (tertiary/aromatic N) is 1. The molecule has 0 aliphatic rings. The van der Waals surface area contributed by atoms with Gasteiger partial charge in [-0.05, 0) is 28.1 Å². The lowest BCUT2D eigenvalue weighted by Crippen LogP contribution is -1.94. The van der Waals surface area contributed by atoms with E-state index in [0.717, 1.165) is 18.2 Å². The van der Waals surface area contributed by atoms with Crippen LogP contribution in [0.25, 0.3) is 6.08 Å². The molecule has 1 N–H and O–H groups in total. The fourth-order valence-corrected chi connectivity index (χ4v) is 1.34. The molecular weight excluding hydrogens is 285 g/mol. The molecule has 0 fully saturated rings. The van der Waals surface area contributed by atoms with Crippen LogP contribution in [0.15, 0.2) is 22.7 Å². The maximum atomic E-state index is 13.1. The van der Waals surface area contributed by atoms with Crippen LogP contribution in [0.3, 0.4) is 0 Å². The highest BCUT2D eigenvalue weighted by Gasteiger charge is 2.15. The molecule has 0 radical (unpaired) electrons. The van der Waals surface area contributed by atoms with E-state index in [-0.39, 0.29) is 15.7 Å². The van der Waals surface area contributed by atoms with Gasteiger partial charge in [0.15, 0.2) is 0 Å². The number of carboxylic acids is 1. The lowest BCUT2D eigenvalue weighted by atomic mass is 10.1. The zero-order valence-electron chi connectivity index (χ0n) is 7.68. The fraction of sp³-hybridized carbons (Fsp3) is 0. The third kappa shape index (κ3) is 2.86. The minimum atomic E-state index is -1.27. The summed E-state index contributed by atoms with van der Waals surface area (Å²) in [6, 6.07) is 1.87. The normalized spacial score (nSPS) is 10.6. The number of hydrogen-bond acceptors (Lipinski definition) is 3. The summed E-state index contributed by atoms with van der Waals surface area (Å²) in [6.07, 6.45) is 1.67. The third-order valence-corrected chi connectivity index (χ3v) is 2.28. The number of halogens is 2. The maximum absolute atomic E-state index is 13.1. The Balaban J connectivity index is 3.30. The molecule has 1 rings (SSSR count). The second-order valence-corrected chi connectivity index (χ2v) is 3.61. The van der Waals surface area contributed by atoms with Crippen LogP contribution < -0.4 is 0 Å². The molecule has 5 nitrogen and oxygen atoms in total. The molecule has 0 aliphatic heterocycles. The molecule has 0 spiro atoms. The van der Waals surface area contributed by atoms with Crippen LogP contribution in [0.1, 0.15) is 5.56 Å². The number of nitro benzene ring substituents is 1. The molecule has 0 aliphatic carbocycles. The van der Waals surface area contributed by atoms with Crippen molar-refractivity contribution in [2.45, 2.75) is 0 Å². The summed E-state index contributed by atoms with van der Waals surface area (Å²) in [5.41, 5.74) is -0.473. The van der Waals surface area contributed by atoms with Crippen LogP contribution in [0, 0.1) is 15.9 Å². The van der Waals surface area contributed by atoms with Crippen molar-refractivity contribution in [2.75, 3.05) is 0 Å². The molecule has 7 heteroatoms. The van der Waals surface area contributed by atoms with Crippen molar-refractivity contribution in [1.29, 1.82) is 0 Å². The van der Waals surface area contributed by atoms with Gasteiger partial charge < -0.3 is 5.11 Å². The molecule has 0 bridgehead atoms. The van der Waals surface area contributed by atoms with Gasteiger partial charge in [0.2, 0.25) is 0 Å². The lowest BCUT2D eigenvalue weighted by molar-refractivity contribution is -0.385. The van der Waals surface area contributed by atoms with Gasteiger partial charge in [-0.15, -0.1) is 0 Å². The fourth-order valence-electron chi connectivity index (χ4n) is 1.00. The van der Waals surface area contributed by atoms with Crippen molar-refractivity contribution < 1.29 is 19.2 Å². The van der Waals surface area contributed by atoms with E-state index in [1.54, 1.807) is 0 Å². The van der Waals surface area contributed by atoms with E-state index in [0.29, 0.717) is 6.08 Å². The second-order valence-electron chi connectivity index (χ2n) is 2.75. The highest BCUT2D eigenvalue weighted by molar-refractivity contribution is 9.10. The van der Waals surface area contributed by atoms with Crippen LogP contribution in [0.5, 0.6) is 0 Å². The Kier molecular flexibility index (Phi) is 3.73. The minimum Gasteiger partial charge on any atom is -0.478 e. The first-order valence-corrected chi connectivity index (χ1v) is 4.75. The Bertz CT molecular complexity index is 487. The Labute approximate surface area is 97.5 Å². The van der Waals surface area contributed by atoms with E-state index in [2.05, 4.69) is 15.9 Å². The van der Waals surface area contributed by atoms with Gasteiger partial charge in [-0.1, -0.05) is 0 Å². The zero-order valence-corrected chi connectivity index (χ0v) is 9.27. The maximum Gasteiger partial charge on any atom is 0.328 e. The number of rotatable bonds is 3. The summed E-state index contributed by atoms with van der Waals surface area (Å²) >= 11 is 2.81. The Morgan fingerprint density at radius 2 is 2.19 bits per heavy atom. The van der Waals surface area contributed by atoms with E-state index >= 15 is 0 Å². The largest absolute Gasteiger partial charge is 0.478 e. The summed E-state index contributed by atoms with van der Waals surface area (Å²) in [5.74, 6) is -1.96. The highest BCUT2D eigenvalue weighted by Crippen LogP contribution is 2.27. The monoisotopic (exact) mass is 289 g/mol. The molecule has 1 aromatic rings. The zero-order chi connectivity index (χ0) is 12.3. The minimum absolute atomic E-state index is 0.0494. The highest BCUT2D eigenvalue weighted by atomic mass is 79.9. The predicted octanol–water partition coefficient (Wildman–Crippen LogP) is 2.59. The summed E-state index contributed by atoms with van der Waals surface area (Å²) in [5, 5.41) is 19.0. The molecule has 84 valence electrons. The summed E-state index contributed by atoms with van der Waals surface area (Å²) in [6.45, 7) is 0. The van der Waals surface area contributed by atoms with Gasteiger partial charge in [-0.2, -0.15) is 0 Å². The van der Waals surface area contributed by atoms with Crippen LogP contribution in [-0.4, -0.2) is 16.0 Å². The number of benzene rings is 1. The van der Waals surface area contributed by atoms with E-state index in [1.165, 1.54) is 0 Å². The van der Waals surface area contributed by atoms with Gasteiger partial charge in [0, 0.05) is 12.1 Å². The molecule has 0 aromatic heterocycles. The van der Waals surface area contributed by atoms with Gasteiger partial charge in [0.05, 0.1) is 15.0 Å². The van der Waals surface area contributed by atoms with Crippen LogP contribution in [-0.2, 0) is 4.79 Å². The van der Waals surface area contributed by atoms with Crippen LogP contribution in [0.4, 0.5) is 10.1 Å². The molecule has 0 heterocycles. The molecule has 0 saturated carbocycles. The van der Waals surface area contributed by atoms with Crippen molar-refractivity contribution in [3.05, 3.63) is 44.2 Å². The van der Waals surface area contributed by atoms with Gasteiger partial charge in [-0.25, -0.2) is 9.18 Å². The van der Waals surface area contributed by atoms with Gasteiger partial charge in [0.25, 0.3) is 5.69 Å². The number of hydrogen-bond donors (Lipinski definition) is 1. The predicted molar refractivity (Wildman–Crippen MR) is 57.4 cm³/mol. The Morgan fingerprint density at radius 3 is 2.69 bits per heavy atom. The average molecular weight is 290 g/mol. The Hall–Kier alpha value is -1.76. The topological polar surface area (TPSA) is 80.4 Å². The summed E-state index contributed by atoms with van der Waals surface area (Å²) in [7, 11) is 0. The van der Waals surface area contributed by atoms with E-state index in [4.69, 9.17) is 5.11 Å². The molecule has 0 unspecified atom stereocenters. The van der Waals surface area contributed by atoms with Crippen molar-refractivity contribution in [3.63, 3.8) is 0 Å². The second kappa shape index (κ2) is 4.84. The number of nitro groups is 1. The first kappa shape index (κ1) is 12.3. The van der Waals surface area contributed by atoms with E-state index < -0.39 is 16.7 Å². The Morgan fingerprint density at radius 1 is 1.56 bits per heavy atom. The lowest BCUT2D eigenvalue weighted by Gasteiger charge is -1.99. The van der Waals surface area contributed by atoms with Gasteiger partial charge in [-0.3, -0.25) is 10.1 Å². The first-order chi connectivity index (χ1) is 7.41. The van der Waals surface area contributed by atoms with Gasteiger partial charge in [0.1, 0.15) is 5.82 Å². The third-order valence-electron chi connectivity index (χ3n) is 1.67. The number of aliphatic carboxylic acids is 1.